The molecule has 3 aromatic carbocycles. The van der Waals surface area contributed by atoms with Crippen LogP contribution in [0.4, 0.5) is 16.2 Å². The molecule has 0 bridgehead atoms. The number of hydrogen-bond acceptors (Lipinski definition) is 12. The highest BCUT2D eigenvalue weighted by atomic mass is 35.5. The van der Waals surface area contributed by atoms with Gasteiger partial charge in [-0.3, -0.25) is 19.8 Å². The second-order valence-corrected chi connectivity index (χ2v) is 20.9. The van der Waals surface area contributed by atoms with E-state index in [4.69, 9.17) is 25.8 Å². The van der Waals surface area contributed by atoms with Crippen molar-refractivity contribution in [2.45, 2.75) is 57.3 Å². The number of nitrogens with zero attached hydrogens (tertiary/aromatic N) is 5. The maximum absolute atomic E-state index is 14.1. The van der Waals surface area contributed by atoms with Crippen LogP contribution in [-0.4, -0.2) is 105 Å². The first-order chi connectivity index (χ1) is 32.1. The molecule has 0 spiro atoms. The van der Waals surface area contributed by atoms with Gasteiger partial charge in [0.1, 0.15) is 22.9 Å². The molecule has 9 rings (SSSR count). The van der Waals surface area contributed by atoms with E-state index in [-0.39, 0.29) is 40.9 Å². The van der Waals surface area contributed by atoms with Crippen LogP contribution in [0.3, 0.4) is 0 Å². The van der Waals surface area contributed by atoms with Crippen LogP contribution in [-0.2, 0) is 21.2 Å². The number of nitro groups is 1. The monoisotopic (exact) mass is 951 g/mol. The fraction of sp³-hybridized carbons (Fsp3) is 0.408. The van der Waals surface area contributed by atoms with Gasteiger partial charge in [-0.25, -0.2) is 22.9 Å². The summed E-state index contributed by atoms with van der Waals surface area (Å²) in [5.41, 5.74) is 5.55. The van der Waals surface area contributed by atoms with Gasteiger partial charge >= 0.3 is 6.09 Å². The molecule has 0 saturated carbocycles. The molecule has 2 amide bonds. The first kappa shape index (κ1) is 46.0. The number of anilines is 1. The fourth-order valence-corrected chi connectivity index (χ4v) is 11.1. The lowest BCUT2D eigenvalue weighted by molar-refractivity contribution is -0.386. The van der Waals surface area contributed by atoms with Crippen molar-refractivity contribution in [3.05, 3.63) is 117 Å². The molecule has 0 radical (unpaired) electrons. The topological polar surface area (TPSA) is 190 Å². The molecule has 3 aliphatic heterocycles. The van der Waals surface area contributed by atoms with Crippen LogP contribution in [0.15, 0.2) is 89.6 Å². The zero-order valence-corrected chi connectivity index (χ0v) is 39.3. The van der Waals surface area contributed by atoms with Crippen LogP contribution < -0.4 is 19.1 Å². The summed E-state index contributed by atoms with van der Waals surface area (Å²) in [6, 6.07) is 19.0. The smallest absolute Gasteiger partial charge is 0.409 e. The molecule has 1 atom stereocenters. The van der Waals surface area contributed by atoms with Crippen molar-refractivity contribution in [2.75, 3.05) is 64.4 Å². The van der Waals surface area contributed by atoms with E-state index >= 15 is 0 Å². The van der Waals surface area contributed by atoms with Crippen molar-refractivity contribution < 1.29 is 37.1 Å². The number of aromatic nitrogens is 2. The number of carbonyl (C=O) groups is 2. The Balaban J connectivity index is 0.929. The first-order valence-corrected chi connectivity index (χ1v) is 24.5. The largest absolute Gasteiger partial charge is 0.493 e. The van der Waals surface area contributed by atoms with Crippen molar-refractivity contribution in [2.24, 2.45) is 17.3 Å². The number of carbonyl (C=O) groups excluding carboxylic acids is 2. The fourth-order valence-electron chi connectivity index (χ4n) is 9.98. The number of hydrogen-bond donors (Lipinski definition) is 2. The van der Waals surface area contributed by atoms with E-state index in [1.165, 1.54) is 42.1 Å². The lowest BCUT2D eigenvalue weighted by atomic mass is 9.72. The van der Waals surface area contributed by atoms with Gasteiger partial charge in [-0.15, -0.1) is 0 Å². The van der Waals surface area contributed by atoms with E-state index in [0.717, 1.165) is 61.1 Å². The van der Waals surface area contributed by atoms with Gasteiger partial charge in [0.25, 0.3) is 21.6 Å². The maximum atomic E-state index is 14.1. The predicted octanol–water partition coefficient (Wildman–Crippen LogP) is 8.85. The van der Waals surface area contributed by atoms with Gasteiger partial charge in [-0.05, 0) is 97.4 Å². The number of nitro benzene ring substituents is 1. The van der Waals surface area contributed by atoms with Crippen molar-refractivity contribution in [3.8, 4) is 17.2 Å². The molecular formula is C49H54ClN7O9S. The number of methoxy groups -OCH3 is 1. The Morgan fingerprint density at radius 2 is 1.76 bits per heavy atom. The number of fused-ring (bicyclic) bond motifs is 2. The second-order valence-electron chi connectivity index (χ2n) is 18.7. The van der Waals surface area contributed by atoms with E-state index in [0.29, 0.717) is 62.4 Å². The Morgan fingerprint density at radius 1 is 1.00 bits per heavy atom. The lowest BCUT2D eigenvalue weighted by Gasteiger charge is -2.39. The number of sulfonamides is 1. The van der Waals surface area contributed by atoms with E-state index in [2.05, 4.69) is 50.5 Å². The molecule has 4 aliphatic rings. The van der Waals surface area contributed by atoms with E-state index < -0.39 is 37.5 Å². The zero-order valence-electron chi connectivity index (χ0n) is 37.8. The summed E-state index contributed by atoms with van der Waals surface area (Å²) in [6.07, 6.45) is 7.69. The summed E-state index contributed by atoms with van der Waals surface area (Å²) in [5, 5.41) is 14.0. The number of allylic oxidation sites excluding steroid dienone is 1. The standard InChI is InChI=1S/C49H54ClN7O9S/c1-49(2)14-10-34(42(27-49)32-4-6-36(50)7-5-32)29-54-18-20-55(21-19-54)37-8-9-40(45(24-37)66-38-22-33-11-15-51-46(33)52-28-38)47(58)53-67(62,63)39-25-43(57(60)61)41-23-35(30-65-44(41)26-39)31-12-16-56(17-13-31)48(59)64-3/h4-9,11,15,22,24-26,28,31,35H,10,12-14,16-21,23,27,29-30H2,1-3H3,(H,51,52)(H,53,58)/t35-/m0/s1. The molecule has 2 N–H and O–H groups in total. The minimum atomic E-state index is -4.67. The Labute approximate surface area is 394 Å². The lowest BCUT2D eigenvalue weighted by Crippen LogP contribution is -2.47. The molecule has 5 heterocycles. The molecule has 5 aromatic rings. The van der Waals surface area contributed by atoms with Gasteiger partial charge in [0.2, 0.25) is 0 Å². The Hall–Kier alpha value is -6.17. The number of likely N-dealkylation sites (tertiary alicyclic amines) is 1. The van der Waals surface area contributed by atoms with Crippen LogP contribution in [0, 0.1) is 27.4 Å². The number of nitrogens with one attached hydrogen (secondary N) is 2. The van der Waals surface area contributed by atoms with Crippen molar-refractivity contribution in [1.29, 1.82) is 0 Å². The molecule has 0 unspecified atom stereocenters. The molecule has 352 valence electrons. The summed E-state index contributed by atoms with van der Waals surface area (Å²) in [7, 11) is -3.33. The number of ether oxygens (including phenoxy) is 3. The minimum Gasteiger partial charge on any atom is -0.493 e. The number of pyridine rings is 1. The second kappa shape index (κ2) is 18.8. The molecule has 2 saturated heterocycles. The highest BCUT2D eigenvalue weighted by Crippen LogP contribution is 2.44. The van der Waals surface area contributed by atoms with Crippen molar-refractivity contribution in [1.82, 2.24) is 24.5 Å². The molecule has 2 aromatic heterocycles. The predicted molar refractivity (Wildman–Crippen MR) is 254 cm³/mol. The van der Waals surface area contributed by atoms with E-state index in [1.807, 2.05) is 18.2 Å². The third-order valence-corrected chi connectivity index (χ3v) is 15.4. The van der Waals surface area contributed by atoms with Gasteiger partial charge in [-0.1, -0.05) is 43.2 Å². The van der Waals surface area contributed by atoms with Crippen LogP contribution >= 0.6 is 11.6 Å². The Kier molecular flexibility index (Phi) is 12.9. The van der Waals surface area contributed by atoms with Crippen LogP contribution in [0.2, 0.25) is 5.02 Å². The number of rotatable bonds is 11. The minimum absolute atomic E-state index is 0.0631. The maximum Gasteiger partial charge on any atom is 0.409 e. The van der Waals surface area contributed by atoms with Crippen LogP contribution in [0.5, 0.6) is 17.2 Å². The van der Waals surface area contributed by atoms with Crippen LogP contribution in [0.25, 0.3) is 16.6 Å². The summed E-state index contributed by atoms with van der Waals surface area (Å²) in [5.74, 6) is -0.407. The highest BCUT2D eigenvalue weighted by molar-refractivity contribution is 7.90. The quantitative estimate of drug-likeness (QED) is 0.0947. The average Bonchev–Trinajstić information content (AvgIpc) is 3.80. The van der Waals surface area contributed by atoms with Gasteiger partial charge < -0.3 is 29.0 Å². The number of benzene rings is 3. The van der Waals surface area contributed by atoms with E-state index in [9.17, 15) is 28.1 Å². The first-order valence-electron chi connectivity index (χ1n) is 22.7. The summed E-state index contributed by atoms with van der Waals surface area (Å²) in [6.45, 7) is 9.77. The van der Waals surface area contributed by atoms with Crippen molar-refractivity contribution >= 4 is 61.6 Å². The normalized spacial score (nSPS) is 19.1. The van der Waals surface area contributed by atoms with E-state index in [1.54, 1.807) is 29.3 Å². The van der Waals surface area contributed by atoms with Crippen LogP contribution in [0.1, 0.15) is 67.4 Å². The third kappa shape index (κ3) is 10.1. The number of aromatic amines is 1. The third-order valence-electron chi connectivity index (χ3n) is 13.8. The zero-order chi connectivity index (χ0) is 47.0. The van der Waals surface area contributed by atoms with Crippen molar-refractivity contribution in [3.63, 3.8) is 0 Å². The number of piperidine rings is 1. The molecular weight excluding hydrogens is 898 g/mol. The molecule has 2 fully saturated rings. The molecule has 67 heavy (non-hydrogen) atoms. The number of halogens is 1. The molecule has 1 aliphatic carbocycles. The average molecular weight is 953 g/mol. The van der Waals surface area contributed by atoms with Gasteiger partial charge in [0.15, 0.2) is 0 Å². The van der Waals surface area contributed by atoms with Gasteiger partial charge in [-0.2, -0.15) is 0 Å². The van der Waals surface area contributed by atoms with Gasteiger partial charge in [0.05, 0.1) is 40.9 Å². The number of amides is 2. The molecule has 18 heteroatoms. The Morgan fingerprint density at radius 3 is 2.49 bits per heavy atom. The number of piperazine rings is 1. The summed E-state index contributed by atoms with van der Waals surface area (Å²) >= 11 is 6.25. The Bertz CT molecular complexity index is 2850. The SMILES string of the molecule is COC(=O)N1CCC([C@@H]2COc3cc(S(=O)(=O)NC(=O)c4ccc(N5CCN(CC6=C(c7ccc(Cl)cc7)CC(C)(C)CC6)CC5)cc4Oc4cnc5[nH]ccc5c4)cc([N+](=O)[O-])c3C2)CC1. The number of H-pyrrole nitrogens is 1. The summed E-state index contributed by atoms with van der Waals surface area (Å²) < 4.78 is 47.4. The summed E-state index contributed by atoms with van der Waals surface area (Å²) in [4.78, 5) is 51.3. The molecule has 16 nitrogen and oxygen atoms in total. The van der Waals surface area contributed by atoms with Gasteiger partial charge in [0, 0.05) is 92.2 Å². The highest BCUT2D eigenvalue weighted by Gasteiger charge is 2.37.